The minimum atomic E-state index is -0.375. The van der Waals surface area contributed by atoms with Gasteiger partial charge >= 0.3 is 5.97 Å². The lowest BCUT2D eigenvalue weighted by molar-refractivity contribution is 0.0383. The molecule has 27 heavy (non-hydrogen) atoms. The molecule has 1 saturated heterocycles. The Bertz CT molecular complexity index is 761. The molecule has 0 saturated carbocycles. The van der Waals surface area contributed by atoms with E-state index in [0.717, 1.165) is 32.0 Å². The van der Waals surface area contributed by atoms with Crippen LogP contribution in [0.25, 0.3) is 0 Å². The molecule has 0 radical (unpaired) electrons. The second-order valence-electron chi connectivity index (χ2n) is 6.42. The monoisotopic (exact) mass is 392 g/mol. The van der Waals surface area contributed by atoms with E-state index in [-0.39, 0.29) is 18.7 Å². The number of ether oxygens (including phenoxy) is 1. The lowest BCUT2D eigenvalue weighted by atomic mass is 10.3. The van der Waals surface area contributed by atoms with Crippen LogP contribution < -0.4 is 10.2 Å². The van der Waals surface area contributed by atoms with Gasteiger partial charge < -0.3 is 20.1 Å². The normalized spacial score (nSPS) is 15.2. The molecule has 1 aliphatic rings. The van der Waals surface area contributed by atoms with Gasteiger partial charge in [-0.05, 0) is 13.8 Å². The summed E-state index contributed by atoms with van der Waals surface area (Å²) in [5.41, 5.74) is 0. The zero-order valence-corrected chi connectivity index (χ0v) is 16.3. The molecule has 3 heterocycles. The Labute approximate surface area is 162 Å². The van der Waals surface area contributed by atoms with Crippen LogP contribution in [-0.2, 0) is 4.74 Å². The van der Waals surface area contributed by atoms with Crippen LogP contribution in [0.5, 0.6) is 0 Å². The van der Waals surface area contributed by atoms with Gasteiger partial charge in [0, 0.05) is 38.8 Å². The first-order chi connectivity index (χ1) is 13.0. The van der Waals surface area contributed by atoms with Crippen LogP contribution in [-0.4, -0.2) is 76.4 Å². The quantitative estimate of drug-likeness (QED) is 0.676. The standard InChI is InChI=1S/C17H24N6O3S/c1-12(2)26-16(25)13-10-18-17(27-13)21-14-9-15(20-11-19-14)23-5-3-22(4-6-23)7-8-24/h9-12,24H,3-8H2,1-2H3,(H,18,19,20,21). The number of anilines is 3. The van der Waals surface area contributed by atoms with Gasteiger partial charge in [-0.2, -0.15) is 0 Å². The minimum Gasteiger partial charge on any atom is -0.459 e. The molecule has 0 unspecified atom stereocenters. The first-order valence-corrected chi connectivity index (χ1v) is 9.71. The molecule has 10 heteroatoms. The third-order valence-electron chi connectivity index (χ3n) is 4.05. The van der Waals surface area contributed by atoms with Gasteiger partial charge in [0.25, 0.3) is 0 Å². The largest absolute Gasteiger partial charge is 0.459 e. The predicted octanol–water partition coefficient (Wildman–Crippen LogP) is 1.36. The SMILES string of the molecule is CC(C)OC(=O)c1cnc(Nc2cc(N3CCN(CCO)CC3)ncn2)s1. The maximum Gasteiger partial charge on any atom is 0.350 e. The van der Waals surface area contributed by atoms with Gasteiger partial charge in [-0.25, -0.2) is 19.7 Å². The molecule has 2 aromatic rings. The van der Waals surface area contributed by atoms with Gasteiger partial charge in [0.1, 0.15) is 22.8 Å². The molecular formula is C17H24N6O3S. The second-order valence-corrected chi connectivity index (χ2v) is 7.45. The number of nitrogens with zero attached hydrogens (tertiary/aromatic N) is 5. The summed E-state index contributed by atoms with van der Waals surface area (Å²) in [5, 5.41) is 12.7. The highest BCUT2D eigenvalue weighted by Gasteiger charge is 2.18. The zero-order valence-electron chi connectivity index (χ0n) is 15.5. The lowest BCUT2D eigenvalue weighted by Gasteiger charge is -2.35. The molecule has 0 amide bonds. The third kappa shape index (κ3) is 5.34. The van der Waals surface area contributed by atoms with Crippen LogP contribution in [0, 0.1) is 0 Å². The molecule has 2 aromatic heterocycles. The summed E-state index contributed by atoms with van der Waals surface area (Å²) in [7, 11) is 0. The number of aliphatic hydroxyl groups is 1. The molecular weight excluding hydrogens is 368 g/mol. The highest BCUT2D eigenvalue weighted by molar-refractivity contribution is 7.17. The number of rotatable bonds is 7. The van der Waals surface area contributed by atoms with Crippen LogP contribution in [0.3, 0.4) is 0 Å². The zero-order chi connectivity index (χ0) is 19.2. The highest BCUT2D eigenvalue weighted by atomic mass is 32.1. The molecule has 2 N–H and O–H groups in total. The van der Waals surface area contributed by atoms with Crippen LogP contribution in [0.4, 0.5) is 16.8 Å². The summed E-state index contributed by atoms with van der Waals surface area (Å²) >= 11 is 1.22. The fourth-order valence-corrected chi connectivity index (χ4v) is 3.44. The van der Waals surface area contributed by atoms with Gasteiger partial charge in [-0.3, -0.25) is 4.90 Å². The van der Waals surface area contributed by atoms with E-state index in [0.29, 0.717) is 22.4 Å². The highest BCUT2D eigenvalue weighted by Crippen LogP contribution is 2.24. The van der Waals surface area contributed by atoms with Crippen LogP contribution in [0.15, 0.2) is 18.6 Å². The second kappa shape index (κ2) is 9.07. The number of carbonyl (C=O) groups excluding carboxylic acids is 1. The number of β-amino-alcohol motifs (C(OH)–C–C–N with tert-alkyl or cyclic N) is 1. The van der Waals surface area contributed by atoms with Crippen molar-refractivity contribution in [1.29, 1.82) is 0 Å². The number of hydrogen-bond donors (Lipinski definition) is 2. The van der Waals surface area contributed by atoms with E-state index in [1.54, 1.807) is 0 Å². The van der Waals surface area contributed by atoms with E-state index < -0.39 is 0 Å². The molecule has 9 nitrogen and oxygen atoms in total. The van der Waals surface area contributed by atoms with Crippen molar-refractivity contribution in [2.45, 2.75) is 20.0 Å². The first-order valence-electron chi connectivity index (χ1n) is 8.89. The summed E-state index contributed by atoms with van der Waals surface area (Å²) in [6.45, 7) is 7.98. The number of carbonyl (C=O) groups is 1. The van der Waals surface area contributed by atoms with Crippen molar-refractivity contribution in [3.63, 3.8) is 0 Å². The van der Waals surface area contributed by atoms with Gasteiger partial charge in [-0.15, -0.1) is 0 Å². The Balaban J connectivity index is 1.61. The van der Waals surface area contributed by atoms with Gasteiger partial charge in [0.2, 0.25) is 0 Å². The maximum absolute atomic E-state index is 11.9. The fourth-order valence-electron chi connectivity index (χ4n) is 2.74. The predicted molar refractivity (Wildman–Crippen MR) is 104 cm³/mol. The van der Waals surface area contributed by atoms with Crippen molar-refractivity contribution in [3.05, 3.63) is 23.5 Å². The van der Waals surface area contributed by atoms with E-state index in [2.05, 4.69) is 30.1 Å². The number of aliphatic hydroxyl groups excluding tert-OH is 1. The smallest absolute Gasteiger partial charge is 0.350 e. The van der Waals surface area contributed by atoms with Crippen LogP contribution in [0.2, 0.25) is 0 Å². The number of nitrogens with one attached hydrogen (secondary N) is 1. The van der Waals surface area contributed by atoms with E-state index in [9.17, 15) is 4.79 Å². The Morgan fingerprint density at radius 3 is 2.78 bits per heavy atom. The number of aromatic nitrogens is 3. The van der Waals surface area contributed by atoms with Gasteiger partial charge in [0.05, 0.1) is 18.9 Å². The fraction of sp³-hybridized carbons (Fsp3) is 0.529. The lowest BCUT2D eigenvalue weighted by Crippen LogP contribution is -2.47. The topological polar surface area (TPSA) is 104 Å². The summed E-state index contributed by atoms with van der Waals surface area (Å²) in [4.78, 5) is 29.6. The average molecular weight is 392 g/mol. The molecule has 1 aliphatic heterocycles. The molecule has 0 atom stereocenters. The summed E-state index contributed by atoms with van der Waals surface area (Å²) in [5.74, 6) is 1.09. The molecule has 0 aromatic carbocycles. The van der Waals surface area contributed by atoms with Crippen molar-refractivity contribution < 1.29 is 14.6 Å². The van der Waals surface area contributed by atoms with Crippen molar-refractivity contribution in [2.75, 3.05) is 49.5 Å². The first kappa shape index (κ1) is 19.5. The van der Waals surface area contributed by atoms with Crippen molar-refractivity contribution in [2.24, 2.45) is 0 Å². The van der Waals surface area contributed by atoms with E-state index in [1.807, 2.05) is 19.9 Å². The van der Waals surface area contributed by atoms with Gasteiger partial charge in [0.15, 0.2) is 5.13 Å². The average Bonchev–Trinajstić information content (AvgIpc) is 3.11. The molecule has 0 spiro atoms. The maximum atomic E-state index is 11.9. The Morgan fingerprint density at radius 2 is 2.07 bits per heavy atom. The van der Waals surface area contributed by atoms with E-state index in [4.69, 9.17) is 9.84 Å². The number of esters is 1. The number of thiazole rings is 1. The van der Waals surface area contributed by atoms with Crippen molar-refractivity contribution in [3.8, 4) is 0 Å². The van der Waals surface area contributed by atoms with Crippen LogP contribution in [0.1, 0.15) is 23.5 Å². The van der Waals surface area contributed by atoms with Crippen LogP contribution >= 0.6 is 11.3 Å². The number of piperazine rings is 1. The Kier molecular flexibility index (Phi) is 6.54. The summed E-state index contributed by atoms with van der Waals surface area (Å²) < 4.78 is 5.18. The van der Waals surface area contributed by atoms with Crippen molar-refractivity contribution >= 4 is 34.1 Å². The minimum absolute atomic E-state index is 0.168. The molecule has 146 valence electrons. The van der Waals surface area contributed by atoms with E-state index >= 15 is 0 Å². The third-order valence-corrected chi connectivity index (χ3v) is 4.94. The van der Waals surface area contributed by atoms with Crippen molar-refractivity contribution in [1.82, 2.24) is 19.9 Å². The molecule has 1 fully saturated rings. The molecule has 0 aliphatic carbocycles. The summed E-state index contributed by atoms with van der Waals surface area (Å²) in [6.07, 6.45) is 2.85. The Morgan fingerprint density at radius 1 is 1.30 bits per heavy atom. The van der Waals surface area contributed by atoms with Gasteiger partial charge in [-0.1, -0.05) is 11.3 Å². The summed E-state index contributed by atoms with van der Waals surface area (Å²) in [6, 6.07) is 1.87. The Hall–Kier alpha value is -2.30. The van der Waals surface area contributed by atoms with E-state index in [1.165, 1.54) is 23.9 Å². The molecule has 0 bridgehead atoms. The molecule has 3 rings (SSSR count). The number of hydrogen-bond acceptors (Lipinski definition) is 10.